The van der Waals surface area contributed by atoms with Crippen LogP contribution in [0.5, 0.6) is 0 Å². The molecular formula is C11H14ClNO4S2. The highest BCUT2D eigenvalue weighted by Gasteiger charge is 2.37. The van der Waals surface area contributed by atoms with E-state index in [2.05, 4.69) is 0 Å². The van der Waals surface area contributed by atoms with Gasteiger partial charge in [-0.1, -0.05) is 11.6 Å². The fourth-order valence-corrected chi connectivity index (χ4v) is 5.55. The van der Waals surface area contributed by atoms with Gasteiger partial charge >= 0.3 is 5.97 Å². The van der Waals surface area contributed by atoms with Gasteiger partial charge in [0.15, 0.2) is 0 Å². The predicted octanol–water partition coefficient (Wildman–Crippen LogP) is 2.28. The first-order valence-corrected chi connectivity index (χ1v) is 8.46. The van der Waals surface area contributed by atoms with Gasteiger partial charge in [-0.3, -0.25) is 4.79 Å². The monoisotopic (exact) mass is 323 g/mol. The van der Waals surface area contributed by atoms with Gasteiger partial charge in [0, 0.05) is 12.6 Å². The Morgan fingerprint density at radius 1 is 1.53 bits per heavy atom. The van der Waals surface area contributed by atoms with Crippen molar-refractivity contribution in [2.45, 2.75) is 30.0 Å². The van der Waals surface area contributed by atoms with Gasteiger partial charge in [0.05, 0.1) is 10.3 Å². The summed E-state index contributed by atoms with van der Waals surface area (Å²) >= 11 is 6.78. The van der Waals surface area contributed by atoms with Gasteiger partial charge in [-0.2, -0.15) is 4.31 Å². The summed E-state index contributed by atoms with van der Waals surface area (Å²) in [6.45, 7) is 1.97. The Kier molecular flexibility index (Phi) is 4.20. The fraction of sp³-hybridized carbons (Fsp3) is 0.545. The van der Waals surface area contributed by atoms with Gasteiger partial charge in [0.2, 0.25) is 0 Å². The zero-order valence-corrected chi connectivity index (χ0v) is 12.6. The highest BCUT2D eigenvalue weighted by atomic mass is 35.5. The number of hydrogen-bond donors (Lipinski definition) is 1. The number of piperidine rings is 1. The van der Waals surface area contributed by atoms with Crippen LogP contribution in [-0.2, 0) is 14.8 Å². The molecule has 2 rings (SSSR count). The lowest BCUT2D eigenvalue weighted by Crippen LogP contribution is -2.45. The summed E-state index contributed by atoms with van der Waals surface area (Å²) in [5.74, 6) is -1.32. The Bertz CT molecular complexity index is 583. The van der Waals surface area contributed by atoms with Gasteiger partial charge in [0.25, 0.3) is 10.0 Å². The topological polar surface area (TPSA) is 74.7 Å². The molecule has 0 amide bonds. The molecule has 1 aromatic heterocycles. The van der Waals surface area contributed by atoms with E-state index < -0.39 is 21.9 Å². The maximum absolute atomic E-state index is 12.4. The Hall–Kier alpha value is -0.630. The van der Waals surface area contributed by atoms with E-state index in [9.17, 15) is 13.2 Å². The van der Waals surface area contributed by atoms with Gasteiger partial charge in [-0.25, -0.2) is 8.42 Å². The van der Waals surface area contributed by atoms with Crippen molar-refractivity contribution in [3.63, 3.8) is 0 Å². The molecule has 0 aromatic carbocycles. The van der Waals surface area contributed by atoms with E-state index in [0.29, 0.717) is 17.2 Å². The standard InChI is InChI=1S/C11H14ClNO4S2/c1-7-6-8(11(14)15)4-5-13(7)19(16,17)10-3-2-9(12)18-10/h2-3,7-8H,4-6H2,1H3,(H,14,15). The molecular weight excluding hydrogens is 310 g/mol. The molecule has 0 saturated carbocycles. The van der Waals surface area contributed by atoms with Crippen molar-refractivity contribution in [3.8, 4) is 0 Å². The van der Waals surface area contributed by atoms with Crippen molar-refractivity contribution in [1.82, 2.24) is 4.31 Å². The number of hydrogen-bond acceptors (Lipinski definition) is 4. The molecule has 2 unspecified atom stereocenters. The van der Waals surface area contributed by atoms with Crippen LogP contribution in [0.3, 0.4) is 0 Å². The van der Waals surface area contributed by atoms with Crippen molar-refractivity contribution >= 4 is 38.9 Å². The fourth-order valence-electron chi connectivity index (χ4n) is 2.28. The molecule has 1 N–H and O–H groups in total. The second-order valence-electron chi connectivity index (χ2n) is 4.58. The maximum atomic E-state index is 12.4. The van der Waals surface area contributed by atoms with Crippen molar-refractivity contribution in [2.24, 2.45) is 5.92 Å². The Labute approximate surface area is 120 Å². The lowest BCUT2D eigenvalue weighted by atomic mass is 9.93. The number of rotatable bonds is 3. The Balaban J connectivity index is 2.21. The summed E-state index contributed by atoms with van der Waals surface area (Å²) in [6, 6.07) is 2.72. The summed E-state index contributed by atoms with van der Waals surface area (Å²) in [6.07, 6.45) is 0.686. The largest absolute Gasteiger partial charge is 0.481 e. The van der Waals surface area contributed by atoms with E-state index in [1.807, 2.05) is 0 Å². The molecule has 2 atom stereocenters. The number of carboxylic acids is 1. The van der Waals surface area contributed by atoms with E-state index in [0.717, 1.165) is 11.3 Å². The molecule has 2 heterocycles. The number of halogens is 1. The van der Waals surface area contributed by atoms with Gasteiger partial charge in [-0.05, 0) is 31.9 Å². The highest BCUT2D eigenvalue weighted by molar-refractivity contribution is 7.91. The smallest absolute Gasteiger partial charge is 0.306 e. The van der Waals surface area contributed by atoms with Gasteiger partial charge in [0.1, 0.15) is 4.21 Å². The molecule has 106 valence electrons. The molecule has 1 aliphatic rings. The molecule has 5 nitrogen and oxygen atoms in total. The molecule has 1 fully saturated rings. The molecule has 1 aliphatic heterocycles. The molecule has 0 radical (unpaired) electrons. The zero-order chi connectivity index (χ0) is 14.2. The number of nitrogens with zero attached hydrogens (tertiary/aromatic N) is 1. The average molecular weight is 324 g/mol. The maximum Gasteiger partial charge on any atom is 0.306 e. The van der Waals surface area contributed by atoms with Gasteiger partial charge in [-0.15, -0.1) is 11.3 Å². The molecule has 8 heteroatoms. The number of carboxylic acid groups (broad SMARTS) is 1. The molecule has 1 saturated heterocycles. The van der Waals surface area contributed by atoms with E-state index in [1.165, 1.54) is 10.4 Å². The summed E-state index contributed by atoms with van der Waals surface area (Å²) in [7, 11) is -3.57. The molecule has 0 aliphatic carbocycles. The van der Waals surface area contributed by atoms with Crippen LogP contribution in [0.15, 0.2) is 16.3 Å². The average Bonchev–Trinajstić information content (AvgIpc) is 2.76. The van der Waals surface area contributed by atoms with Crippen molar-refractivity contribution in [2.75, 3.05) is 6.54 Å². The quantitative estimate of drug-likeness (QED) is 0.926. The number of thiophene rings is 1. The van der Waals surface area contributed by atoms with Crippen LogP contribution >= 0.6 is 22.9 Å². The van der Waals surface area contributed by atoms with Crippen molar-refractivity contribution in [3.05, 3.63) is 16.5 Å². The molecule has 19 heavy (non-hydrogen) atoms. The first-order valence-electron chi connectivity index (χ1n) is 5.82. The summed E-state index contributed by atoms with van der Waals surface area (Å²) < 4.78 is 26.8. The van der Waals surface area contributed by atoms with Crippen LogP contribution < -0.4 is 0 Å². The summed E-state index contributed by atoms with van der Waals surface area (Å²) in [4.78, 5) is 10.9. The predicted molar refractivity (Wildman–Crippen MR) is 73.0 cm³/mol. The normalized spacial score (nSPS) is 25.4. The molecule has 0 bridgehead atoms. The minimum Gasteiger partial charge on any atom is -0.481 e. The van der Waals surface area contributed by atoms with Crippen LogP contribution in [0.4, 0.5) is 0 Å². The van der Waals surface area contributed by atoms with Crippen LogP contribution in [-0.4, -0.2) is 36.4 Å². The lowest BCUT2D eigenvalue weighted by Gasteiger charge is -2.34. The van der Waals surface area contributed by atoms with Crippen LogP contribution in [0, 0.1) is 5.92 Å². The summed E-state index contributed by atoms with van der Waals surface area (Å²) in [5.41, 5.74) is 0. The third-order valence-electron chi connectivity index (χ3n) is 3.28. The van der Waals surface area contributed by atoms with Crippen LogP contribution in [0.1, 0.15) is 19.8 Å². The van der Waals surface area contributed by atoms with Crippen molar-refractivity contribution < 1.29 is 18.3 Å². The van der Waals surface area contributed by atoms with Crippen molar-refractivity contribution in [1.29, 1.82) is 0 Å². The molecule has 0 spiro atoms. The van der Waals surface area contributed by atoms with E-state index in [-0.39, 0.29) is 16.8 Å². The minimum absolute atomic E-state index is 0.207. The van der Waals surface area contributed by atoms with Crippen LogP contribution in [0.25, 0.3) is 0 Å². The van der Waals surface area contributed by atoms with Gasteiger partial charge < -0.3 is 5.11 Å². The number of aliphatic carboxylic acids is 1. The molecule has 1 aromatic rings. The zero-order valence-electron chi connectivity index (χ0n) is 10.2. The minimum atomic E-state index is -3.57. The van der Waals surface area contributed by atoms with E-state index in [4.69, 9.17) is 16.7 Å². The Morgan fingerprint density at radius 2 is 2.21 bits per heavy atom. The number of sulfonamides is 1. The third-order valence-corrected chi connectivity index (χ3v) is 6.99. The SMILES string of the molecule is CC1CC(C(=O)O)CCN1S(=O)(=O)c1ccc(Cl)s1. The third kappa shape index (κ3) is 2.94. The first kappa shape index (κ1) is 14.8. The van der Waals surface area contributed by atoms with E-state index in [1.54, 1.807) is 13.0 Å². The second kappa shape index (κ2) is 5.40. The highest BCUT2D eigenvalue weighted by Crippen LogP contribution is 2.32. The lowest BCUT2D eigenvalue weighted by molar-refractivity contribution is -0.143. The summed E-state index contributed by atoms with van der Waals surface area (Å²) in [5, 5.41) is 8.98. The second-order valence-corrected chi connectivity index (χ2v) is 8.42. The Morgan fingerprint density at radius 3 is 2.68 bits per heavy atom. The number of carbonyl (C=O) groups is 1. The first-order chi connectivity index (χ1) is 8.82. The van der Waals surface area contributed by atoms with E-state index >= 15 is 0 Å². The van der Waals surface area contributed by atoms with Crippen LogP contribution in [0.2, 0.25) is 4.34 Å².